The lowest BCUT2D eigenvalue weighted by Crippen LogP contribution is -2.53. The highest BCUT2D eigenvalue weighted by molar-refractivity contribution is 5.93. The number of hydrogen-bond donors (Lipinski definition) is 4. The smallest absolute Gasteiger partial charge is 0.407 e. The Morgan fingerprint density at radius 2 is 1.62 bits per heavy atom. The lowest BCUT2D eigenvalue weighted by molar-refractivity contribution is -0.157. The molecule has 0 bridgehead atoms. The highest BCUT2D eigenvalue weighted by Gasteiger charge is 2.37. The van der Waals surface area contributed by atoms with E-state index in [1.807, 2.05) is 6.07 Å². The number of nitrogens with one attached hydrogen (secondary N) is 2. The van der Waals surface area contributed by atoms with E-state index in [4.69, 9.17) is 19.9 Å². The van der Waals surface area contributed by atoms with Crippen LogP contribution in [0, 0.1) is 5.92 Å². The van der Waals surface area contributed by atoms with Crippen LogP contribution in [0.2, 0.25) is 0 Å². The largest absolute Gasteiger partial charge is 0.466 e. The summed E-state index contributed by atoms with van der Waals surface area (Å²) in [5, 5.41) is 14.6. The second-order valence-electron chi connectivity index (χ2n) is 7.12. The number of aliphatic hydroxyl groups is 1. The fourth-order valence-corrected chi connectivity index (χ4v) is 2.85. The molecule has 12 heteroatoms. The number of benzene rings is 1. The number of esters is 2. The van der Waals surface area contributed by atoms with E-state index in [1.54, 1.807) is 31.2 Å². The van der Waals surface area contributed by atoms with Gasteiger partial charge in [0.05, 0.1) is 38.1 Å². The molecule has 1 aromatic rings. The minimum absolute atomic E-state index is 0.0255. The van der Waals surface area contributed by atoms with E-state index in [1.165, 1.54) is 6.92 Å². The lowest BCUT2D eigenvalue weighted by Gasteiger charge is -2.24. The molecule has 0 radical (unpaired) electrons. The lowest BCUT2D eigenvalue weighted by atomic mass is 9.95. The summed E-state index contributed by atoms with van der Waals surface area (Å²) in [6.45, 7) is 2.84. The number of amides is 3. The number of alkyl carbamates (subject to hydrolysis) is 1. The maximum Gasteiger partial charge on any atom is 0.407 e. The molecule has 0 fully saturated rings. The van der Waals surface area contributed by atoms with Gasteiger partial charge in [-0.3, -0.25) is 19.2 Å². The summed E-state index contributed by atoms with van der Waals surface area (Å²) < 4.78 is 14.7. The van der Waals surface area contributed by atoms with Crippen molar-refractivity contribution in [3.05, 3.63) is 35.9 Å². The first-order valence-electron chi connectivity index (χ1n) is 10.7. The van der Waals surface area contributed by atoms with Crippen molar-refractivity contribution < 1.29 is 43.3 Å². The molecule has 34 heavy (non-hydrogen) atoms. The zero-order valence-electron chi connectivity index (χ0n) is 19.2. The molecule has 0 spiro atoms. The second kappa shape index (κ2) is 15.2. The molecule has 1 aromatic carbocycles. The first-order valence-corrected chi connectivity index (χ1v) is 10.7. The minimum Gasteiger partial charge on any atom is -0.466 e. The molecule has 0 unspecified atom stereocenters. The normalized spacial score (nSPS) is 13.0. The molecule has 188 valence electrons. The van der Waals surface area contributed by atoms with Gasteiger partial charge in [0.2, 0.25) is 11.8 Å². The first kappa shape index (κ1) is 28.4. The van der Waals surface area contributed by atoms with Crippen LogP contribution in [0.5, 0.6) is 0 Å². The fourth-order valence-electron chi connectivity index (χ4n) is 2.85. The van der Waals surface area contributed by atoms with E-state index < -0.39 is 60.8 Å². The van der Waals surface area contributed by atoms with Gasteiger partial charge in [0, 0.05) is 6.54 Å². The third kappa shape index (κ3) is 10.8. The van der Waals surface area contributed by atoms with E-state index >= 15 is 0 Å². The maximum atomic E-state index is 12.3. The van der Waals surface area contributed by atoms with Gasteiger partial charge in [-0.1, -0.05) is 30.3 Å². The molecule has 0 saturated carbocycles. The molecular weight excluding hydrogens is 450 g/mol. The standard InChI is InChI=1S/C22H31N3O9/c1-3-32-18(28)11-16(21(30)33-4-2)19(20(23)29)25-17(27)10-15(26)12-24-22(31)34-13-14-8-6-5-7-9-14/h5-9,15-16,19,26H,3-4,10-13H2,1-2H3,(H2,23,29)(H,24,31)(H,25,27)/t15-,16+,19-/m0/s1. The summed E-state index contributed by atoms with van der Waals surface area (Å²) in [5.41, 5.74) is 6.10. The molecule has 0 aliphatic carbocycles. The minimum atomic E-state index is -1.58. The summed E-state index contributed by atoms with van der Waals surface area (Å²) in [6.07, 6.45) is -3.20. The van der Waals surface area contributed by atoms with Crippen LogP contribution in [0.1, 0.15) is 32.3 Å². The van der Waals surface area contributed by atoms with Crippen molar-refractivity contribution in [1.82, 2.24) is 10.6 Å². The van der Waals surface area contributed by atoms with E-state index in [2.05, 4.69) is 10.6 Å². The van der Waals surface area contributed by atoms with Gasteiger partial charge in [0.25, 0.3) is 0 Å². The Balaban J connectivity index is 2.62. The zero-order valence-corrected chi connectivity index (χ0v) is 19.2. The van der Waals surface area contributed by atoms with Gasteiger partial charge in [0.15, 0.2) is 0 Å². The summed E-state index contributed by atoms with van der Waals surface area (Å²) in [4.78, 5) is 60.1. The molecule has 12 nitrogen and oxygen atoms in total. The van der Waals surface area contributed by atoms with Crippen LogP contribution in [0.25, 0.3) is 0 Å². The van der Waals surface area contributed by atoms with E-state index in [-0.39, 0.29) is 26.4 Å². The number of rotatable bonds is 14. The highest BCUT2D eigenvalue weighted by Crippen LogP contribution is 2.14. The van der Waals surface area contributed by atoms with Gasteiger partial charge < -0.3 is 35.7 Å². The van der Waals surface area contributed by atoms with Crippen LogP contribution in [0.3, 0.4) is 0 Å². The Kier molecular flexibility index (Phi) is 12.7. The van der Waals surface area contributed by atoms with Crippen LogP contribution in [0.4, 0.5) is 4.79 Å². The fraction of sp³-hybridized carbons (Fsp3) is 0.500. The van der Waals surface area contributed by atoms with E-state index in [0.29, 0.717) is 0 Å². The molecule has 3 atom stereocenters. The quantitative estimate of drug-likeness (QED) is 0.206. The number of ether oxygens (including phenoxy) is 3. The molecule has 1 rings (SSSR count). The van der Waals surface area contributed by atoms with Crippen LogP contribution in [-0.4, -0.2) is 66.9 Å². The highest BCUT2D eigenvalue weighted by atomic mass is 16.6. The second-order valence-corrected chi connectivity index (χ2v) is 7.12. The van der Waals surface area contributed by atoms with Gasteiger partial charge >= 0.3 is 18.0 Å². The van der Waals surface area contributed by atoms with Crippen molar-refractivity contribution >= 4 is 29.8 Å². The molecule has 3 amide bonds. The van der Waals surface area contributed by atoms with Gasteiger partial charge in [0.1, 0.15) is 12.6 Å². The first-order chi connectivity index (χ1) is 16.2. The van der Waals surface area contributed by atoms with Crippen LogP contribution < -0.4 is 16.4 Å². The number of carbonyl (C=O) groups is 5. The molecule has 0 saturated heterocycles. The number of primary amides is 1. The predicted octanol–water partition coefficient (Wildman–Crippen LogP) is -0.234. The third-order valence-electron chi connectivity index (χ3n) is 4.42. The molecule has 5 N–H and O–H groups in total. The Labute approximate surface area is 197 Å². The van der Waals surface area contributed by atoms with Crippen LogP contribution in [-0.2, 0) is 40.0 Å². The van der Waals surface area contributed by atoms with Crippen molar-refractivity contribution in [2.24, 2.45) is 11.7 Å². The van der Waals surface area contributed by atoms with Crippen LogP contribution >= 0.6 is 0 Å². The topological polar surface area (TPSA) is 183 Å². The molecule has 0 aromatic heterocycles. The number of nitrogens with two attached hydrogens (primary N) is 1. The van der Waals surface area contributed by atoms with Gasteiger partial charge in [-0.2, -0.15) is 0 Å². The Morgan fingerprint density at radius 3 is 2.21 bits per heavy atom. The summed E-state index contributed by atoms with van der Waals surface area (Å²) in [6, 6.07) is 7.36. The van der Waals surface area contributed by atoms with E-state index in [9.17, 15) is 29.1 Å². The predicted molar refractivity (Wildman–Crippen MR) is 118 cm³/mol. The summed E-state index contributed by atoms with van der Waals surface area (Å²) in [7, 11) is 0. The molecular formula is C22H31N3O9. The van der Waals surface area contributed by atoms with Crippen molar-refractivity contribution in [3.63, 3.8) is 0 Å². The molecule has 0 aliphatic heterocycles. The van der Waals surface area contributed by atoms with Gasteiger partial charge in [-0.05, 0) is 19.4 Å². The maximum absolute atomic E-state index is 12.3. The Morgan fingerprint density at radius 1 is 0.971 bits per heavy atom. The molecule has 0 aliphatic rings. The van der Waals surface area contributed by atoms with Crippen molar-refractivity contribution in [3.8, 4) is 0 Å². The Bertz CT molecular complexity index is 832. The third-order valence-corrected chi connectivity index (χ3v) is 4.42. The SMILES string of the molecule is CCOC(=O)C[C@@H](C(=O)OCC)[C@H](NC(=O)C[C@H](O)CNC(=O)OCc1ccccc1)C(N)=O. The average Bonchev–Trinajstić information content (AvgIpc) is 2.79. The average molecular weight is 482 g/mol. The number of hydrogen-bond acceptors (Lipinski definition) is 9. The van der Waals surface area contributed by atoms with Crippen molar-refractivity contribution in [2.75, 3.05) is 19.8 Å². The number of aliphatic hydroxyl groups excluding tert-OH is 1. The van der Waals surface area contributed by atoms with Gasteiger partial charge in [-0.15, -0.1) is 0 Å². The zero-order chi connectivity index (χ0) is 25.5. The number of carbonyl (C=O) groups excluding carboxylic acids is 5. The molecule has 0 heterocycles. The summed E-state index contributed by atoms with van der Waals surface area (Å²) >= 11 is 0. The van der Waals surface area contributed by atoms with E-state index in [0.717, 1.165) is 5.56 Å². The monoisotopic (exact) mass is 481 g/mol. The van der Waals surface area contributed by atoms with Crippen molar-refractivity contribution in [2.45, 2.75) is 45.4 Å². The van der Waals surface area contributed by atoms with Gasteiger partial charge in [-0.25, -0.2) is 4.79 Å². The van der Waals surface area contributed by atoms with Crippen molar-refractivity contribution in [1.29, 1.82) is 0 Å². The summed E-state index contributed by atoms with van der Waals surface area (Å²) in [5.74, 6) is -5.02. The Hall–Kier alpha value is -3.67. The van der Waals surface area contributed by atoms with Crippen LogP contribution in [0.15, 0.2) is 30.3 Å².